The largest absolute Gasteiger partial charge is 0.289 e. The zero-order valence-corrected chi connectivity index (χ0v) is 40.8. The Balaban J connectivity index is 1.42. The van der Waals surface area contributed by atoms with E-state index in [1.807, 2.05) is 132 Å². The molecule has 0 fully saturated rings. The van der Waals surface area contributed by atoms with Crippen LogP contribution in [0.5, 0.6) is 0 Å². The van der Waals surface area contributed by atoms with Crippen LogP contribution in [0.2, 0.25) is 0 Å². The number of rotatable bonds is 6. The molecule has 4 aromatic carbocycles. The van der Waals surface area contributed by atoms with E-state index in [4.69, 9.17) is 0 Å². The summed E-state index contributed by atoms with van der Waals surface area (Å²) in [5.41, 5.74) is 3.74. The van der Waals surface area contributed by atoms with E-state index < -0.39 is 9.84 Å². The zero-order valence-electron chi connectivity index (χ0n) is 36.8. The normalized spacial score (nSPS) is 16.1. The van der Waals surface area contributed by atoms with Crippen molar-refractivity contribution in [2.24, 2.45) is 42.1 Å². The molecule has 0 heterocycles. The molecule has 0 unspecified atom stereocenters. The molecular weight excluding hydrogens is 912 g/mol. The van der Waals surface area contributed by atoms with E-state index in [0.29, 0.717) is 64.2 Å². The van der Waals surface area contributed by atoms with E-state index in [-0.39, 0.29) is 43.0 Å². The van der Waals surface area contributed by atoms with E-state index in [1.54, 1.807) is 48.8 Å². The summed E-state index contributed by atoms with van der Waals surface area (Å²) < 4.78 is 30.7. The molecule has 61 heavy (non-hydrogen) atoms. The molecular formula is C50H52Br2N4O4S. The van der Waals surface area contributed by atoms with Crippen molar-refractivity contribution in [3.8, 4) is 0 Å². The van der Waals surface area contributed by atoms with Crippen molar-refractivity contribution < 1.29 is 18.0 Å². The Bertz CT molecular complexity index is 2640. The quantitative estimate of drug-likeness (QED) is 0.179. The Labute approximate surface area is 376 Å². The molecule has 0 saturated carbocycles. The summed E-state index contributed by atoms with van der Waals surface area (Å²) in [6.07, 6.45) is 10.7. The predicted octanol–water partition coefficient (Wildman–Crippen LogP) is 15.3. The van der Waals surface area contributed by atoms with E-state index in [2.05, 4.69) is 52.3 Å². The summed E-state index contributed by atoms with van der Waals surface area (Å²) in [4.78, 5) is 27.1. The Morgan fingerprint density at radius 3 is 1.03 bits per heavy atom. The lowest BCUT2D eigenvalue weighted by atomic mass is 9.72. The van der Waals surface area contributed by atoms with Crippen LogP contribution >= 0.6 is 31.9 Å². The maximum atomic E-state index is 14.9. The van der Waals surface area contributed by atoms with E-state index in [9.17, 15) is 18.0 Å². The minimum Gasteiger partial charge on any atom is -0.289 e. The lowest BCUT2D eigenvalue weighted by molar-refractivity contribution is -0.114. The third-order valence-corrected chi connectivity index (χ3v) is 13.7. The second-order valence-electron chi connectivity index (χ2n) is 19.6. The molecule has 0 amide bonds. The molecule has 0 N–H and O–H groups in total. The highest BCUT2D eigenvalue weighted by Crippen LogP contribution is 2.45. The molecule has 2 aliphatic carbocycles. The molecule has 0 spiro atoms. The van der Waals surface area contributed by atoms with E-state index in [1.165, 1.54) is 0 Å². The number of hydrogen-bond acceptors (Lipinski definition) is 8. The minimum absolute atomic E-state index is 0.0325. The van der Waals surface area contributed by atoms with Crippen LogP contribution in [-0.4, -0.2) is 20.0 Å². The monoisotopic (exact) mass is 962 g/mol. The van der Waals surface area contributed by atoms with Crippen LogP contribution in [0.25, 0.3) is 21.5 Å². The van der Waals surface area contributed by atoms with Crippen LogP contribution in [0.4, 0.5) is 11.4 Å². The highest BCUT2D eigenvalue weighted by Gasteiger charge is 2.35. The van der Waals surface area contributed by atoms with E-state index >= 15 is 0 Å². The molecule has 2 aliphatic rings. The SMILES string of the molecule is CC(C)(C)C1=CC(=CN=Nc2c(Br)cc(S(=O)(=O)c3cc(Br)c(N=NC=C4C=C(C(C)(C)C)C(=O)C(C(C)(C)C)=C4)c4ccccc34)c3ccccc23)C=C(C(C)(C)C)C1=O. The summed E-state index contributed by atoms with van der Waals surface area (Å²) in [6, 6.07) is 17.6. The van der Waals surface area contributed by atoms with Gasteiger partial charge in [-0.1, -0.05) is 132 Å². The summed E-state index contributed by atoms with van der Waals surface area (Å²) in [6.45, 7) is 24.2. The summed E-state index contributed by atoms with van der Waals surface area (Å²) in [5, 5.41) is 20.3. The van der Waals surface area contributed by atoms with Crippen LogP contribution in [-0.2, 0) is 19.4 Å². The summed E-state index contributed by atoms with van der Waals surface area (Å²) in [7, 11) is -4.16. The highest BCUT2D eigenvalue weighted by atomic mass is 79.9. The number of allylic oxidation sites excluding steroid dienone is 10. The molecule has 8 nitrogen and oxygen atoms in total. The van der Waals surface area contributed by atoms with Crippen molar-refractivity contribution in [3.05, 3.63) is 140 Å². The number of benzene rings is 4. The van der Waals surface area contributed by atoms with Gasteiger partial charge in [0.25, 0.3) is 0 Å². The summed E-state index contributed by atoms with van der Waals surface area (Å²) in [5.74, 6) is 0.0651. The lowest BCUT2D eigenvalue weighted by Gasteiger charge is -2.31. The number of sulfone groups is 1. The van der Waals surface area contributed by atoms with Gasteiger partial charge >= 0.3 is 0 Å². The first kappa shape index (κ1) is 45.8. The van der Waals surface area contributed by atoms with Crippen LogP contribution in [0.15, 0.2) is 170 Å². The fourth-order valence-electron chi connectivity index (χ4n) is 7.34. The van der Waals surface area contributed by atoms with Gasteiger partial charge in [0.1, 0.15) is 11.4 Å². The number of carbonyl (C=O) groups excluding carboxylic acids is 2. The maximum absolute atomic E-state index is 14.9. The number of hydrogen-bond donors (Lipinski definition) is 0. The van der Waals surface area contributed by atoms with Gasteiger partial charge < -0.3 is 0 Å². The fourth-order valence-corrected chi connectivity index (χ4v) is 10.4. The fraction of sp³-hybridized carbons (Fsp3) is 0.320. The first-order chi connectivity index (χ1) is 28.2. The topological polar surface area (TPSA) is 118 Å². The van der Waals surface area contributed by atoms with Crippen molar-refractivity contribution in [2.75, 3.05) is 0 Å². The Morgan fingerprint density at radius 1 is 0.475 bits per heavy atom. The first-order valence-corrected chi connectivity index (χ1v) is 23.2. The predicted molar refractivity (Wildman–Crippen MR) is 254 cm³/mol. The van der Waals surface area contributed by atoms with Gasteiger partial charge in [-0.15, -0.1) is 10.2 Å². The van der Waals surface area contributed by atoms with Crippen molar-refractivity contribution in [1.82, 2.24) is 0 Å². The molecule has 0 aliphatic heterocycles. The van der Waals surface area contributed by atoms with Gasteiger partial charge in [0.15, 0.2) is 11.6 Å². The van der Waals surface area contributed by atoms with Crippen LogP contribution in [0, 0.1) is 21.7 Å². The van der Waals surface area contributed by atoms with Gasteiger partial charge in [-0.25, -0.2) is 8.42 Å². The third-order valence-electron chi connectivity index (χ3n) is 10.6. The molecule has 6 rings (SSSR count). The Morgan fingerprint density at radius 2 is 0.754 bits per heavy atom. The number of carbonyl (C=O) groups is 2. The molecule has 11 heteroatoms. The molecule has 0 aromatic heterocycles. The van der Waals surface area contributed by atoms with Crippen molar-refractivity contribution in [2.45, 2.75) is 92.9 Å². The highest BCUT2D eigenvalue weighted by molar-refractivity contribution is 9.11. The standard InChI is InChI=1S/C50H52Br2N4O4S/c1-47(2,3)35-21-29(22-36(45(35)57)48(4,5)6)27-53-55-43-33-19-15-13-17-31(33)41(25-39(43)51)61(59,60)42-26-40(52)44(34-20-16-14-18-32(34)42)56-54-28-30-23-37(49(7,8)9)46(58)38(24-30)50(10,11)12/h13-28H,1-12H3. The molecule has 0 saturated heterocycles. The maximum Gasteiger partial charge on any atom is 0.207 e. The first-order valence-electron chi connectivity index (χ1n) is 20.1. The molecule has 0 atom stereocenters. The molecule has 316 valence electrons. The molecule has 0 bridgehead atoms. The molecule has 4 aromatic rings. The summed E-state index contributed by atoms with van der Waals surface area (Å²) >= 11 is 7.26. The number of Topliss-reactive ketones (excluding diaryl/α,β-unsaturated/α-hetero) is 2. The van der Waals surface area contributed by atoms with Gasteiger partial charge in [-0.2, -0.15) is 10.2 Å². The van der Waals surface area contributed by atoms with Gasteiger partial charge in [-0.05, 0) is 101 Å². The number of nitrogens with zero attached hydrogens (tertiary/aromatic N) is 4. The third kappa shape index (κ3) is 9.39. The van der Waals surface area contributed by atoms with Gasteiger partial charge in [-0.3, -0.25) is 9.59 Å². The number of ketones is 2. The van der Waals surface area contributed by atoms with Crippen LogP contribution in [0.1, 0.15) is 83.1 Å². The molecule has 0 radical (unpaired) electrons. The second-order valence-corrected chi connectivity index (χ2v) is 23.2. The van der Waals surface area contributed by atoms with Gasteiger partial charge in [0.05, 0.1) is 22.2 Å². The Hall–Kier alpha value is -4.71. The lowest BCUT2D eigenvalue weighted by Crippen LogP contribution is -2.27. The van der Waals surface area contributed by atoms with Crippen LogP contribution in [0.3, 0.4) is 0 Å². The zero-order chi connectivity index (χ0) is 45.0. The van der Waals surface area contributed by atoms with Crippen molar-refractivity contribution >= 4 is 86.2 Å². The van der Waals surface area contributed by atoms with Crippen molar-refractivity contribution in [3.63, 3.8) is 0 Å². The smallest absolute Gasteiger partial charge is 0.207 e. The average Bonchev–Trinajstić information content (AvgIpc) is 3.15. The Kier molecular flexibility index (Phi) is 12.4. The second kappa shape index (κ2) is 16.5. The van der Waals surface area contributed by atoms with Gasteiger partial charge in [0.2, 0.25) is 9.84 Å². The number of fused-ring (bicyclic) bond motifs is 2. The number of azo groups is 2. The van der Waals surface area contributed by atoms with Crippen LogP contribution < -0.4 is 0 Å². The number of halogens is 2. The average molecular weight is 965 g/mol. The van der Waals surface area contributed by atoms with Gasteiger partial charge in [0, 0.05) is 52.8 Å². The minimum atomic E-state index is -4.16. The van der Waals surface area contributed by atoms with E-state index in [0.717, 1.165) is 11.1 Å². The van der Waals surface area contributed by atoms with Crippen molar-refractivity contribution in [1.29, 1.82) is 0 Å².